The number of nitrogens with two attached hydrogens (primary N) is 1. The van der Waals surface area contributed by atoms with Crippen molar-refractivity contribution in [1.82, 2.24) is 19.0 Å². The highest BCUT2D eigenvalue weighted by Gasteiger charge is 2.28. The Morgan fingerprint density at radius 2 is 1.98 bits per heavy atom. The van der Waals surface area contributed by atoms with Gasteiger partial charge in [0.25, 0.3) is 5.91 Å². The summed E-state index contributed by atoms with van der Waals surface area (Å²) in [5.74, 6) is 2.29. The number of imidazole rings is 1. The normalized spacial score (nSPS) is 16.9. The Bertz CT molecular complexity index is 1760. The van der Waals surface area contributed by atoms with Crippen LogP contribution in [0.5, 0.6) is 11.5 Å². The van der Waals surface area contributed by atoms with E-state index in [1.165, 1.54) is 0 Å². The summed E-state index contributed by atoms with van der Waals surface area (Å²) < 4.78 is 15.8. The summed E-state index contributed by atoms with van der Waals surface area (Å²) >= 11 is 6.77. The van der Waals surface area contributed by atoms with E-state index in [1.807, 2.05) is 41.3 Å². The van der Waals surface area contributed by atoms with Crippen LogP contribution in [-0.4, -0.2) is 57.8 Å². The van der Waals surface area contributed by atoms with Crippen LogP contribution in [0.25, 0.3) is 33.5 Å². The second-order valence-corrected chi connectivity index (χ2v) is 11.0. The van der Waals surface area contributed by atoms with Gasteiger partial charge in [-0.05, 0) is 54.8 Å². The van der Waals surface area contributed by atoms with E-state index in [-0.39, 0.29) is 11.9 Å². The molecule has 4 heterocycles. The van der Waals surface area contributed by atoms with Gasteiger partial charge < -0.3 is 29.2 Å². The highest BCUT2D eigenvalue weighted by Crippen LogP contribution is 2.38. The average molecular weight is 556 g/mol. The molecule has 1 saturated heterocycles. The number of likely N-dealkylation sites (tertiary alicyclic amines) is 1. The summed E-state index contributed by atoms with van der Waals surface area (Å²) in [6.45, 7) is 3.05. The quantitative estimate of drug-likeness (QED) is 0.317. The molecule has 0 unspecified atom stereocenters. The van der Waals surface area contributed by atoms with Crippen molar-refractivity contribution in [3.8, 4) is 23.0 Å². The lowest BCUT2D eigenvalue weighted by Crippen LogP contribution is -2.45. The first-order chi connectivity index (χ1) is 19.5. The summed E-state index contributed by atoms with van der Waals surface area (Å²) in [7, 11) is 1.67. The molecule has 0 radical (unpaired) electrons. The van der Waals surface area contributed by atoms with Crippen molar-refractivity contribution in [2.45, 2.75) is 32.0 Å². The molecule has 0 saturated carbocycles. The van der Waals surface area contributed by atoms with Gasteiger partial charge in [0.15, 0.2) is 5.82 Å². The van der Waals surface area contributed by atoms with E-state index in [9.17, 15) is 4.79 Å². The predicted molar refractivity (Wildman–Crippen MR) is 156 cm³/mol. The molecular weight excluding hydrogens is 526 g/mol. The molecule has 2 aliphatic heterocycles. The van der Waals surface area contributed by atoms with Crippen LogP contribution in [0.2, 0.25) is 5.02 Å². The summed E-state index contributed by atoms with van der Waals surface area (Å²) in [6, 6.07) is 19.9. The number of ether oxygens (including phenoxy) is 2. The molecule has 204 valence electrons. The second kappa shape index (κ2) is 9.87. The van der Waals surface area contributed by atoms with E-state index in [1.54, 1.807) is 7.11 Å². The van der Waals surface area contributed by atoms with Gasteiger partial charge in [0.2, 0.25) is 0 Å². The molecule has 40 heavy (non-hydrogen) atoms. The van der Waals surface area contributed by atoms with Crippen LogP contribution >= 0.6 is 11.6 Å². The second-order valence-electron chi connectivity index (χ2n) is 10.6. The lowest BCUT2D eigenvalue weighted by atomic mass is 10.0. The Balaban J connectivity index is 1.37. The summed E-state index contributed by atoms with van der Waals surface area (Å²) in [6.07, 6.45) is 1.86. The van der Waals surface area contributed by atoms with E-state index < -0.39 is 0 Å². The van der Waals surface area contributed by atoms with Gasteiger partial charge in [-0.15, -0.1) is 0 Å². The molecule has 1 fully saturated rings. The number of hydrogen-bond donors (Lipinski definition) is 1. The van der Waals surface area contributed by atoms with Gasteiger partial charge in [-0.25, -0.2) is 4.98 Å². The number of benzene rings is 3. The van der Waals surface area contributed by atoms with Gasteiger partial charge in [-0.2, -0.15) is 0 Å². The number of para-hydroxylation sites is 1. The molecule has 0 spiro atoms. The molecule has 0 aliphatic carbocycles. The highest BCUT2D eigenvalue weighted by molar-refractivity contribution is 6.35. The van der Waals surface area contributed by atoms with Gasteiger partial charge in [-0.3, -0.25) is 4.79 Å². The number of piperidine rings is 1. The number of fused-ring (bicyclic) bond motifs is 1. The molecule has 0 bridgehead atoms. The maximum absolute atomic E-state index is 13.4. The average Bonchev–Trinajstić information content (AvgIpc) is 3.53. The standard InChI is InChI=1S/C31H30ClN5O3/c1-39-23-9-7-19(8-10-23)17-37-26(15-20-4-2-6-24(32)28(20)37)30-34-25-14-21(16-27-29(25)36(30)12-13-40-27)31(38)35-11-3-5-22(33)18-35/h2,4,6-10,14-16,22H,3,5,11-13,17-18,33H2,1H3/t22-/m1/s1. The van der Waals surface area contributed by atoms with Crippen molar-refractivity contribution in [1.29, 1.82) is 0 Å². The number of halogens is 1. The number of nitrogens with zero attached hydrogens (tertiary/aromatic N) is 4. The highest BCUT2D eigenvalue weighted by atomic mass is 35.5. The van der Waals surface area contributed by atoms with Crippen LogP contribution in [-0.2, 0) is 13.1 Å². The van der Waals surface area contributed by atoms with E-state index in [0.29, 0.717) is 49.1 Å². The Morgan fingerprint density at radius 1 is 1.12 bits per heavy atom. The summed E-state index contributed by atoms with van der Waals surface area (Å²) in [5.41, 5.74) is 11.4. The van der Waals surface area contributed by atoms with Crippen molar-refractivity contribution in [3.63, 3.8) is 0 Å². The molecule has 9 heteroatoms. The van der Waals surface area contributed by atoms with Gasteiger partial charge in [-0.1, -0.05) is 35.9 Å². The molecule has 7 rings (SSSR count). The molecule has 5 aromatic rings. The molecule has 1 atom stereocenters. The predicted octanol–water partition coefficient (Wildman–Crippen LogP) is 5.32. The fourth-order valence-corrected chi connectivity index (χ4v) is 6.33. The third-order valence-corrected chi connectivity index (χ3v) is 8.28. The smallest absolute Gasteiger partial charge is 0.254 e. The molecule has 1 amide bonds. The van der Waals surface area contributed by atoms with Crippen molar-refractivity contribution < 1.29 is 14.3 Å². The first kappa shape index (κ1) is 25.0. The van der Waals surface area contributed by atoms with Crippen LogP contribution < -0.4 is 15.2 Å². The van der Waals surface area contributed by atoms with Gasteiger partial charge in [0.05, 0.1) is 35.4 Å². The van der Waals surface area contributed by atoms with E-state index in [2.05, 4.69) is 33.4 Å². The van der Waals surface area contributed by atoms with Crippen LogP contribution in [0.3, 0.4) is 0 Å². The number of amides is 1. The Kier molecular flexibility index (Phi) is 6.17. The van der Waals surface area contributed by atoms with E-state index in [4.69, 9.17) is 31.8 Å². The lowest BCUT2D eigenvalue weighted by molar-refractivity contribution is 0.0708. The fraction of sp³-hybridized carbons (Fsp3) is 0.290. The minimum atomic E-state index is -0.0287. The minimum Gasteiger partial charge on any atom is -0.497 e. The zero-order valence-electron chi connectivity index (χ0n) is 22.3. The Labute approximate surface area is 236 Å². The third-order valence-electron chi connectivity index (χ3n) is 7.97. The van der Waals surface area contributed by atoms with E-state index in [0.717, 1.165) is 57.6 Å². The van der Waals surface area contributed by atoms with Crippen LogP contribution in [0.4, 0.5) is 0 Å². The van der Waals surface area contributed by atoms with Crippen molar-refractivity contribution >= 4 is 39.4 Å². The number of methoxy groups -OCH3 is 1. The lowest BCUT2D eigenvalue weighted by Gasteiger charge is -2.31. The maximum atomic E-state index is 13.4. The topological polar surface area (TPSA) is 87.5 Å². The number of carbonyl (C=O) groups is 1. The number of carbonyl (C=O) groups excluding carboxylic acids is 1. The van der Waals surface area contributed by atoms with Crippen molar-refractivity contribution in [2.24, 2.45) is 5.73 Å². The molecule has 2 N–H and O–H groups in total. The van der Waals surface area contributed by atoms with Crippen molar-refractivity contribution in [2.75, 3.05) is 26.8 Å². The Morgan fingerprint density at radius 3 is 2.77 bits per heavy atom. The minimum absolute atomic E-state index is 0.0151. The monoisotopic (exact) mass is 555 g/mol. The SMILES string of the molecule is COc1ccc(Cn2c(-c3nc4cc(C(=O)N5CCC[C@@H](N)C5)cc5c4n3CCO5)cc3cccc(Cl)c32)cc1. The van der Waals surface area contributed by atoms with Gasteiger partial charge in [0.1, 0.15) is 23.6 Å². The van der Waals surface area contributed by atoms with Gasteiger partial charge >= 0.3 is 0 Å². The molecular formula is C31H30ClN5O3. The molecule has 2 aliphatic rings. The zero-order valence-corrected chi connectivity index (χ0v) is 23.0. The third kappa shape index (κ3) is 4.19. The Hall–Kier alpha value is -4.01. The molecule has 2 aromatic heterocycles. The number of rotatable bonds is 5. The first-order valence-electron chi connectivity index (χ1n) is 13.6. The molecule has 3 aromatic carbocycles. The largest absolute Gasteiger partial charge is 0.497 e. The van der Waals surface area contributed by atoms with Crippen LogP contribution in [0.15, 0.2) is 60.7 Å². The summed E-state index contributed by atoms with van der Waals surface area (Å²) in [5, 5.41) is 1.73. The van der Waals surface area contributed by atoms with Crippen LogP contribution in [0.1, 0.15) is 28.8 Å². The zero-order chi connectivity index (χ0) is 27.4. The maximum Gasteiger partial charge on any atom is 0.254 e. The van der Waals surface area contributed by atoms with Crippen LogP contribution in [0, 0.1) is 0 Å². The number of aromatic nitrogens is 3. The fourth-order valence-electron chi connectivity index (χ4n) is 6.04. The van der Waals surface area contributed by atoms with E-state index >= 15 is 0 Å². The molecule has 8 nitrogen and oxygen atoms in total. The summed E-state index contributed by atoms with van der Waals surface area (Å²) in [4.78, 5) is 20.4. The number of hydrogen-bond acceptors (Lipinski definition) is 5. The van der Waals surface area contributed by atoms with Crippen molar-refractivity contribution in [3.05, 3.63) is 76.8 Å². The first-order valence-corrected chi connectivity index (χ1v) is 14.0. The van der Waals surface area contributed by atoms with Gasteiger partial charge in [0, 0.05) is 36.6 Å².